The topological polar surface area (TPSA) is 62.3 Å². The number of aromatic nitrogens is 1. The highest BCUT2D eigenvalue weighted by molar-refractivity contribution is 7.99. The number of carbonyl (C=O) groups is 2. The largest absolute Gasteiger partial charge is 0.341 e. The number of nitrogens with zero attached hydrogens (tertiary/aromatic N) is 2. The maximum absolute atomic E-state index is 13.3. The van der Waals surface area contributed by atoms with Crippen molar-refractivity contribution in [3.63, 3.8) is 0 Å². The molecule has 0 bridgehead atoms. The number of nitrogens with one attached hydrogen (secondary N) is 1. The second-order valence-corrected chi connectivity index (χ2v) is 8.64. The minimum absolute atomic E-state index is 0.0461. The zero-order chi connectivity index (χ0) is 19.5. The first-order valence-corrected chi connectivity index (χ1v) is 10.9. The average molecular weight is 396 g/mol. The summed E-state index contributed by atoms with van der Waals surface area (Å²) in [5, 5.41) is 2.92. The van der Waals surface area contributed by atoms with E-state index in [0.717, 1.165) is 42.8 Å². The Balaban J connectivity index is 1.44. The van der Waals surface area contributed by atoms with Gasteiger partial charge in [0.25, 0.3) is 0 Å². The second kappa shape index (κ2) is 8.35. The fourth-order valence-electron chi connectivity index (χ4n) is 4.05. The molecule has 3 heterocycles. The maximum atomic E-state index is 13.3. The van der Waals surface area contributed by atoms with E-state index >= 15 is 0 Å². The molecule has 0 spiro atoms. The van der Waals surface area contributed by atoms with Crippen LogP contribution in [-0.2, 0) is 9.59 Å². The number of pyridine rings is 1. The van der Waals surface area contributed by atoms with Crippen LogP contribution in [0.2, 0.25) is 0 Å². The molecule has 0 aliphatic carbocycles. The Bertz CT molecular complexity index is 886. The lowest BCUT2D eigenvalue weighted by molar-refractivity contribution is -0.136. The van der Waals surface area contributed by atoms with Crippen molar-refractivity contribution >= 4 is 29.4 Å². The van der Waals surface area contributed by atoms with E-state index < -0.39 is 0 Å². The van der Waals surface area contributed by atoms with E-state index in [1.807, 2.05) is 47.9 Å². The lowest BCUT2D eigenvalue weighted by Crippen LogP contribution is -2.46. The van der Waals surface area contributed by atoms with E-state index in [0.29, 0.717) is 12.4 Å². The van der Waals surface area contributed by atoms with Gasteiger partial charge in [0.2, 0.25) is 11.8 Å². The van der Waals surface area contributed by atoms with E-state index in [1.54, 1.807) is 6.07 Å². The highest BCUT2D eigenvalue weighted by Crippen LogP contribution is 2.38. The Morgan fingerprint density at radius 2 is 2.00 bits per heavy atom. The molecular weight excluding hydrogens is 370 g/mol. The number of benzene rings is 1. The van der Waals surface area contributed by atoms with E-state index in [1.165, 1.54) is 4.90 Å². The predicted octanol–water partition coefficient (Wildman–Crippen LogP) is 3.85. The molecule has 1 fully saturated rings. The summed E-state index contributed by atoms with van der Waals surface area (Å²) in [7, 11) is 0. The Morgan fingerprint density at radius 3 is 2.86 bits per heavy atom. The molecule has 5 nitrogen and oxygen atoms in total. The monoisotopic (exact) mass is 395 g/mol. The third-order valence-electron chi connectivity index (χ3n) is 5.50. The average Bonchev–Trinajstić information content (AvgIpc) is 2.73. The first-order valence-electron chi connectivity index (χ1n) is 9.87. The molecule has 2 aliphatic rings. The smallest absolute Gasteiger partial charge is 0.230 e. The lowest BCUT2D eigenvalue weighted by atomic mass is 9.91. The molecule has 28 heavy (non-hydrogen) atoms. The summed E-state index contributed by atoms with van der Waals surface area (Å²) in [4.78, 5) is 33.4. The number of carbonyl (C=O) groups excluding carboxylic acids is 2. The van der Waals surface area contributed by atoms with Gasteiger partial charge in [-0.1, -0.05) is 24.3 Å². The van der Waals surface area contributed by atoms with Crippen molar-refractivity contribution in [1.82, 2.24) is 9.88 Å². The van der Waals surface area contributed by atoms with Gasteiger partial charge in [-0.3, -0.25) is 9.59 Å². The number of hydrogen-bond acceptors (Lipinski definition) is 4. The van der Waals surface area contributed by atoms with Gasteiger partial charge in [-0.15, -0.1) is 11.8 Å². The van der Waals surface area contributed by atoms with Gasteiger partial charge >= 0.3 is 0 Å². The first kappa shape index (κ1) is 19.0. The zero-order valence-corrected chi connectivity index (χ0v) is 16.9. The lowest BCUT2D eigenvalue weighted by Gasteiger charge is -2.35. The number of fused-ring (bicyclic) bond motifs is 1. The minimum Gasteiger partial charge on any atom is -0.341 e. The molecule has 4 rings (SSSR count). The van der Waals surface area contributed by atoms with Gasteiger partial charge in [-0.05, 0) is 55.7 Å². The molecule has 1 aromatic carbocycles. The quantitative estimate of drug-likeness (QED) is 0.858. The van der Waals surface area contributed by atoms with Crippen molar-refractivity contribution < 1.29 is 9.59 Å². The zero-order valence-electron chi connectivity index (χ0n) is 16.1. The Hall–Kier alpha value is -2.34. The SMILES string of the molecule is Cc1cccc(NC(=O)C2CCCN(C(=O)C3CCSc4ccccc43)C2)n1. The molecule has 2 aliphatic heterocycles. The summed E-state index contributed by atoms with van der Waals surface area (Å²) in [5.74, 6) is 1.39. The molecule has 6 heteroatoms. The number of aryl methyl sites for hydroxylation is 1. The van der Waals surface area contributed by atoms with Crippen molar-refractivity contribution in [1.29, 1.82) is 0 Å². The van der Waals surface area contributed by atoms with Gasteiger partial charge in [0.1, 0.15) is 5.82 Å². The fraction of sp³-hybridized carbons (Fsp3) is 0.409. The van der Waals surface area contributed by atoms with Crippen molar-refractivity contribution in [2.24, 2.45) is 5.92 Å². The highest BCUT2D eigenvalue weighted by atomic mass is 32.2. The van der Waals surface area contributed by atoms with Crippen LogP contribution in [0.4, 0.5) is 5.82 Å². The van der Waals surface area contributed by atoms with Gasteiger partial charge < -0.3 is 10.2 Å². The fourth-order valence-corrected chi connectivity index (χ4v) is 5.18. The van der Waals surface area contributed by atoms with Crippen LogP contribution in [0.3, 0.4) is 0 Å². The van der Waals surface area contributed by atoms with Gasteiger partial charge in [-0.25, -0.2) is 4.98 Å². The van der Waals surface area contributed by atoms with Gasteiger partial charge in [-0.2, -0.15) is 0 Å². The van der Waals surface area contributed by atoms with E-state index in [-0.39, 0.29) is 23.7 Å². The van der Waals surface area contributed by atoms with Crippen LogP contribution < -0.4 is 5.32 Å². The van der Waals surface area contributed by atoms with Crippen LogP contribution in [0.15, 0.2) is 47.4 Å². The van der Waals surface area contributed by atoms with E-state index in [2.05, 4.69) is 22.4 Å². The maximum Gasteiger partial charge on any atom is 0.230 e. The Morgan fingerprint density at radius 1 is 1.14 bits per heavy atom. The Kier molecular flexibility index (Phi) is 5.67. The number of anilines is 1. The van der Waals surface area contributed by atoms with Gasteiger partial charge in [0.15, 0.2) is 0 Å². The van der Waals surface area contributed by atoms with E-state index in [9.17, 15) is 9.59 Å². The van der Waals surface area contributed by atoms with Crippen LogP contribution in [0.25, 0.3) is 0 Å². The standard InChI is InChI=1S/C22H25N3O2S/c1-15-6-4-10-20(23-15)24-21(26)16-7-5-12-25(14-16)22(27)18-11-13-28-19-9-3-2-8-17(18)19/h2-4,6,8-10,16,18H,5,7,11-14H2,1H3,(H,23,24,26). The predicted molar refractivity (Wildman–Crippen MR) is 111 cm³/mol. The minimum atomic E-state index is -0.187. The van der Waals surface area contributed by atoms with Crippen molar-refractivity contribution in [3.8, 4) is 0 Å². The summed E-state index contributed by atoms with van der Waals surface area (Å²) in [6.07, 6.45) is 2.52. The van der Waals surface area contributed by atoms with Crippen molar-refractivity contribution in [2.75, 3.05) is 24.2 Å². The molecule has 2 aromatic rings. The molecule has 2 amide bonds. The molecule has 1 aromatic heterocycles. The van der Waals surface area contributed by atoms with Crippen LogP contribution in [0.1, 0.15) is 36.4 Å². The molecule has 2 atom stereocenters. The number of likely N-dealkylation sites (tertiary alicyclic amines) is 1. The van der Waals surface area contributed by atoms with Gasteiger partial charge in [0.05, 0.1) is 11.8 Å². The summed E-state index contributed by atoms with van der Waals surface area (Å²) in [6.45, 7) is 3.12. The molecule has 1 saturated heterocycles. The van der Waals surface area contributed by atoms with Crippen LogP contribution in [-0.4, -0.2) is 40.5 Å². The molecular formula is C22H25N3O2S. The van der Waals surface area contributed by atoms with Gasteiger partial charge in [0, 0.05) is 23.7 Å². The Labute approximate surface area is 169 Å². The summed E-state index contributed by atoms with van der Waals surface area (Å²) in [5.41, 5.74) is 2.01. The van der Waals surface area contributed by atoms with Crippen LogP contribution in [0.5, 0.6) is 0 Å². The molecule has 0 radical (unpaired) electrons. The van der Waals surface area contributed by atoms with E-state index in [4.69, 9.17) is 0 Å². The third kappa shape index (κ3) is 4.07. The summed E-state index contributed by atoms with van der Waals surface area (Å²) in [6, 6.07) is 13.8. The summed E-state index contributed by atoms with van der Waals surface area (Å²) >= 11 is 1.82. The second-order valence-electron chi connectivity index (χ2n) is 7.50. The molecule has 1 N–H and O–H groups in total. The number of piperidine rings is 1. The molecule has 0 saturated carbocycles. The highest BCUT2D eigenvalue weighted by Gasteiger charge is 2.34. The molecule has 2 unspecified atom stereocenters. The third-order valence-corrected chi connectivity index (χ3v) is 6.62. The first-order chi connectivity index (χ1) is 13.6. The number of hydrogen-bond donors (Lipinski definition) is 1. The van der Waals surface area contributed by atoms with Crippen LogP contribution in [0, 0.1) is 12.8 Å². The number of thioether (sulfide) groups is 1. The number of rotatable bonds is 3. The molecule has 146 valence electrons. The van der Waals surface area contributed by atoms with Crippen molar-refractivity contribution in [3.05, 3.63) is 53.7 Å². The summed E-state index contributed by atoms with van der Waals surface area (Å²) < 4.78 is 0. The normalized spacial score (nSPS) is 21.7. The van der Waals surface area contributed by atoms with Crippen LogP contribution >= 0.6 is 11.8 Å². The van der Waals surface area contributed by atoms with Crippen molar-refractivity contribution in [2.45, 2.75) is 37.0 Å². The number of amides is 2.